The molecule has 1 aliphatic rings. The van der Waals surface area contributed by atoms with Crippen LogP contribution in [-0.4, -0.2) is 17.1 Å². The minimum absolute atomic E-state index is 0.00749. The van der Waals surface area contributed by atoms with Gasteiger partial charge in [-0.15, -0.1) is 0 Å². The highest BCUT2D eigenvalue weighted by atomic mass is 32.1. The number of thiocarbonyl (C=S) groups is 1. The SMILES string of the molecule is CC(C)(C)C1CCC(NC(=S)NC(=O)c2ccccc2F)CC1. The van der Waals surface area contributed by atoms with Gasteiger partial charge >= 0.3 is 0 Å². The summed E-state index contributed by atoms with van der Waals surface area (Å²) in [6.45, 7) is 6.85. The summed E-state index contributed by atoms with van der Waals surface area (Å²) < 4.78 is 13.6. The van der Waals surface area contributed by atoms with Gasteiger partial charge in [-0.25, -0.2) is 4.39 Å². The third kappa shape index (κ3) is 4.99. The first-order valence-electron chi connectivity index (χ1n) is 8.13. The number of carbonyl (C=O) groups is 1. The van der Waals surface area contributed by atoms with E-state index < -0.39 is 11.7 Å². The van der Waals surface area contributed by atoms with E-state index in [4.69, 9.17) is 12.2 Å². The third-order valence-electron chi connectivity index (χ3n) is 4.63. The maximum atomic E-state index is 13.6. The van der Waals surface area contributed by atoms with E-state index in [0.29, 0.717) is 5.41 Å². The topological polar surface area (TPSA) is 41.1 Å². The third-order valence-corrected chi connectivity index (χ3v) is 4.85. The van der Waals surface area contributed by atoms with Gasteiger partial charge in [-0.2, -0.15) is 0 Å². The summed E-state index contributed by atoms with van der Waals surface area (Å²) in [5.74, 6) is -0.329. The van der Waals surface area contributed by atoms with E-state index in [0.717, 1.165) is 31.6 Å². The fraction of sp³-hybridized carbons (Fsp3) is 0.556. The van der Waals surface area contributed by atoms with Crippen molar-refractivity contribution in [1.82, 2.24) is 10.6 Å². The van der Waals surface area contributed by atoms with Gasteiger partial charge in [0.25, 0.3) is 5.91 Å². The van der Waals surface area contributed by atoms with Crippen molar-refractivity contribution in [2.45, 2.75) is 52.5 Å². The molecule has 126 valence electrons. The van der Waals surface area contributed by atoms with Gasteiger partial charge in [0.05, 0.1) is 5.56 Å². The molecule has 3 nitrogen and oxygen atoms in total. The fourth-order valence-corrected chi connectivity index (χ4v) is 3.40. The standard InChI is InChI=1S/C18H25FN2OS/c1-18(2,3)12-8-10-13(11-9-12)20-17(23)21-16(22)14-6-4-5-7-15(14)19/h4-7,12-13H,8-11H2,1-3H3,(H2,20,21,22,23). The fourth-order valence-electron chi connectivity index (χ4n) is 3.14. The van der Waals surface area contributed by atoms with Crippen LogP contribution in [0.2, 0.25) is 0 Å². The minimum atomic E-state index is -0.543. The lowest BCUT2D eigenvalue weighted by Gasteiger charge is -2.37. The first-order chi connectivity index (χ1) is 10.8. The molecular weight excluding hydrogens is 311 g/mol. The molecule has 1 amide bonds. The molecule has 2 rings (SSSR count). The molecule has 23 heavy (non-hydrogen) atoms. The van der Waals surface area contributed by atoms with Gasteiger partial charge in [-0.05, 0) is 61.4 Å². The molecule has 0 unspecified atom stereocenters. The van der Waals surface area contributed by atoms with E-state index in [9.17, 15) is 9.18 Å². The molecule has 1 saturated carbocycles. The average Bonchev–Trinajstić information content (AvgIpc) is 2.47. The molecule has 0 aliphatic heterocycles. The molecule has 1 fully saturated rings. The van der Waals surface area contributed by atoms with Crippen LogP contribution in [0.1, 0.15) is 56.8 Å². The molecule has 0 spiro atoms. The molecule has 0 aromatic heterocycles. The van der Waals surface area contributed by atoms with Crippen LogP contribution in [0.4, 0.5) is 4.39 Å². The first kappa shape index (κ1) is 17.9. The normalized spacial score (nSPS) is 21.6. The van der Waals surface area contributed by atoms with Gasteiger partial charge in [0.15, 0.2) is 5.11 Å². The Morgan fingerprint density at radius 1 is 1.17 bits per heavy atom. The van der Waals surface area contributed by atoms with Crippen molar-refractivity contribution in [1.29, 1.82) is 0 Å². The molecule has 5 heteroatoms. The predicted octanol–water partition coefficient (Wildman–Crippen LogP) is 4.03. The highest BCUT2D eigenvalue weighted by Gasteiger charge is 2.29. The van der Waals surface area contributed by atoms with Gasteiger partial charge < -0.3 is 5.32 Å². The Hall–Kier alpha value is -1.49. The van der Waals surface area contributed by atoms with Gasteiger partial charge in [0.2, 0.25) is 0 Å². The van der Waals surface area contributed by atoms with Crippen molar-refractivity contribution < 1.29 is 9.18 Å². The maximum Gasteiger partial charge on any atom is 0.260 e. The summed E-state index contributed by atoms with van der Waals surface area (Å²) in [5.41, 5.74) is 0.345. The molecule has 1 aliphatic carbocycles. The zero-order valence-corrected chi connectivity index (χ0v) is 14.8. The zero-order valence-electron chi connectivity index (χ0n) is 14.0. The molecule has 1 aromatic rings. The quantitative estimate of drug-likeness (QED) is 0.801. The summed E-state index contributed by atoms with van der Waals surface area (Å²) in [6, 6.07) is 6.17. The molecule has 0 saturated heterocycles. The Morgan fingerprint density at radius 3 is 2.35 bits per heavy atom. The number of hydrogen-bond acceptors (Lipinski definition) is 2. The summed E-state index contributed by atoms with van der Waals surface area (Å²) in [7, 11) is 0. The van der Waals surface area contributed by atoms with E-state index in [2.05, 4.69) is 31.4 Å². The van der Waals surface area contributed by atoms with E-state index in [1.54, 1.807) is 12.1 Å². The van der Waals surface area contributed by atoms with Crippen LogP contribution in [0.15, 0.2) is 24.3 Å². The lowest BCUT2D eigenvalue weighted by atomic mass is 9.71. The van der Waals surface area contributed by atoms with Crippen LogP contribution in [0.5, 0.6) is 0 Å². The van der Waals surface area contributed by atoms with E-state index in [1.165, 1.54) is 12.1 Å². The van der Waals surface area contributed by atoms with Gasteiger partial charge in [0, 0.05) is 6.04 Å². The van der Waals surface area contributed by atoms with E-state index >= 15 is 0 Å². The predicted molar refractivity (Wildman–Crippen MR) is 94.8 cm³/mol. The molecule has 2 N–H and O–H groups in total. The van der Waals surface area contributed by atoms with Crippen molar-refractivity contribution in [2.75, 3.05) is 0 Å². The van der Waals surface area contributed by atoms with Crippen LogP contribution in [0, 0.1) is 17.2 Å². The second-order valence-electron chi connectivity index (χ2n) is 7.32. The van der Waals surface area contributed by atoms with Gasteiger partial charge in [0.1, 0.15) is 5.82 Å². The van der Waals surface area contributed by atoms with Crippen molar-refractivity contribution >= 4 is 23.2 Å². The molecule has 0 atom stereocenters. The number of carbonyl (C=O) groups excluding carboxylic acids is 1. The van der Waals surface area contributed by atoms with Crippen molar-refractivity contribution in [3.05, 3.63) is 35.6 Å². The number of nitrogens with one attached hydrogen (secondary N) is 2. The van der Waals surface area contributed by atoms with Crippen LogP contribution < -0.4 is 10.6 Å². The average molecular weight is 336 g/mol. The largest absolute Gasteiger partial charge is 0.360 e. The molecule has 0 radical (unpaired) electrons. The van der Waals surface area contributed by atoms with Crippen molar-refractivity contribution in [3.63, 3.8) is 0 Å². The van der Waals surface area contributed by atoms with Crippen LogP contribution in [-0.2, 0) is 0 Å². The number of rotatable bonds is 2. The van der Waals surface area contributed by atoms with Crippen LogP contribution >= 0.6 is 12.2 Å². The molecule has 0 heterocycles. The maximum absolute atomic E-state index is 13.6. The van der Waals surface area contributed by atoms with E-state index in [1.807, 2.05) is 0 Å². The van der Waals surface area contributed by atoms with Gasteiger partial charge in [-0.3, -0.25) is 10.1 Å². The molecular formula is C18H25FN2OS. The van der Waals surface area contributed by atoms with E-state index in [-0.39, 0.29) is 16.7 Å². The Kier molecular flexibility index (Phi) is 5.74. The summed E-state index contributed by atoms with van der Waals surface area (Å²) in [4.78, 5) is 12.0. The first-order valence-corrected chi connectivity index (χ1v) is 8.54. The lowest BCUT2D eigenvalue weighted by molar-refractivity contribution is 0.0972. The highest BCUT2D eigenvalue weighted by Crippen LogP contribution is 2.37. The Morgan fingerprint density at radius 2 is 1.78 bits per heavy atom. The minimum Gasteiger partial charge on any atom is -0.360 e. The smallest absolute Gasteiger partial charge is 0.260 e. The lowest BCUT2D eigenvalue weighted by Crippen LogP contribution is -2.46. The Labute approximate surface area is 143 Å². The summed E-state index contributed by atoms with van der Waals surface area (Å²) in [5, 5.41) is 6.03. The Balaban J connectivity index is 1.82. The highest BCUT2D eigenvalue weighted by molar-refractivity contribution is 7.80. The second-order valence-corrected chi connectivity index (χ2v) is 7.73. The molecule has 0 bridgehead atoms. The number of amides is 1. The van der Waals surface area contributed by atoms with Crippen molar-refractivity contribution in [2.24, 2.45) is 11.3 Å². The van der Waals surface area contributed by atoms with Crippen LogP contribution in [0.3, 0.4) is 0 Å². The van der Waals surface area contributed by atoms with Crippen molar-refractivity contribution in [3.8, 4) is 0 Å². The Bertz CT molecular complexity index is 575. The van der Waals surface area contributed by atoms with Gasteiger partial charge in [-0.1, -0.05) is 32.9 Å². The summed E-state index contributed by atoms with van der Waals surface area (Å²) >= 11 is 5.19. The number of hydrogen-bond donors (Lipinski definition) is 2. The number of halogens is 1. The summed E-state index contributed by atoms with van der Waals surface area (Å²) in [6.07, 6.45) is 4.39. The molecule has 1 aromatic carbocycles. The zero-order chi connectivity index (χ0) is 17.0. The second kappa shape index (κ2) is 7.39. The monoisotopic (exact) mass is 336 g/mol. The number of benzene rings is 1. The van der Waals surface area contributed by atoms with Crippen LogP contribution in [0.25, 0.3) is 0 Å².